The van der Waals surface area contributed by atoms with Crippen LogP contribution >= 0.6 is 39.2 Å². The fourth-order valence-corrected chi connectivity index (χ4v) is 3.71. The van der Waals surface area contributed by atoms with Crippen molar-refractivity contribution in [1.82, 2.24) is 9.36 Å². The molecule has 1 atom stereocenters. The Bertz CT molecular complexity index is 540. The van der Waals surface area contributed by atoms with Gasteiger partial charge in [-0.15, -0.1) is 0 Å². The van der Waals surface area contributed by atoms with Gasteiger partial charge in [0.15, 0.2) is 4.34 Å². The Labute approximate surface area is 123 Å². The second-order valence-corrected chi connectivity index (χ2v) is 7.10. The summed E-state index contributed by atoms with van der Waals surface area (Å²) >= 11 is 6.59. The zero-order valence-corrected chi connectivity index (χ0v) is 13.4. The molecule has 18 heavy (non-hydrogen) atoms. The average Bonchev–Trinajstić information content (AvgIpc) is 2.67. The minimum atomic E-state index is 0.148. The normalized spacial score (nSPS) is 12.7. The third-order valence-corrected chi connectivity index (χ3v) is 4.72. The van der Waals surface area contributed by atoms with E-state index in [1.54, 1.807) is 11.8 Å². The van der Waals surface area contributed by atoms with Crippen LogP contribution in [0.25, 0.3) is 0 Å². The third-order valence-electron chi connectivity index (χ3n) is 2.27. The maximum atomic E-state index is 5.89. The summed E-state index contributed by atoms with van der Waals surface area (Å²) in [5.74, 6) is 0.827. The third kappa shape index (κ3) is 3.78. The number of benzene rings is 1. The van der Waals surface area contributed by atoms with Crippen LogP contribution in [0.1, 0.15) is 18.3 Å². The molecule has 3 nitrogen and oxygen atoms in total. The standard InChI is InChI=1S/C12H14BrN3S2/c1-7(14)5-9-6-10(13)3-4-11(9)17-12-15-8(2)16-18-12/h3-4,6-7H,5,14H2,1-2H3. The number of rotatable bonds is 4. The molecule has 0 radical (unpaired) electrons. The van der Waals surface area contributed by atoms with Gasteiger partial charge >= 0.3 is 0 Å². The van der Waals surface area contributed by atoms with Gasteiger partial charge in [0.1, 0.15) is 5.82 Å². The van der Waals surface area contributed by atoms with Gasteiger partial charge in [-0.25, -0.2) is 4.98 Å². The Hall–Kier alpha value is -0.430. The number of hydrogen-bond donors (Lipinski definition) is 1. The first-order chi connectivity index (χ1) is 8.54. The van der Waals surface area contributed by atoms with Crippen LogP contribution in [0.2, 0.25) is 0 Å². The Morgan fingerprint density at radius 1 is 1.50 bits per heavy atom. The number of hydrogen-bond acceptors (Lipinski definition) is 5. The largest absolute Gasteiger partial charge is 0.328 e. The lowest BCUT2D eigenvalue weighted by molar-refractivity contribution is 0.729. The van der Waals surface area contributed by atoms with E-state index in [-0.39, 0.29) is 6.04 Å². The van der Waals surface area contributed by atoms with E-state index in [1.165, 1.54) is 22.0 Å². The fraction of sp³-hybridized carbons (Fsp3) is 0.333. The smallest absolute Gasteiger partial charge is 0.174 e. The Balaban J connectivity index is 2.26. The van der Waals surface area contributed by atoms with Crippen molar-refractivity contribution in [1.29, 1.82) is 0 Å². The molecule has 0 amide bonds. The summed E-state index contributed by atoms with van der Waals surface area (Å²) in [6.45, 7) is 3.93. The summed E-state index contributed by atoms with van der Waals surface area (Å²) in [4.78, 5) is 5.58. The quantitative estimate of drug-likeness (QED) is 0.920. The number of aromatic nitrogens is 2. The molecule has 0 saturated carbocycles. The monoisotopic (exact) mass is 343 g/mol. The van der Waals surface area contributed by atoms with Crippen LogP contribution < -0.4 is 5.73 Å². The van der Waals surface area contributed by atoms with Gasteiger partial charge in [-0.1, -0.05) is 27.7 Å². The molecule has 96 valence electrons. The van der Waals surface area contributed by atoms with Crippen molar-refractivity contribution < 1.29 is 0 Å². The number of nitrogens with two attached hydrogens (primary N) is 1. The molecule has 0 aliphatic heterocycles. The van der Waals surface area contributed by atoms with E-state index in [1.807, 2.05) is 19.9 Å². The van der Waals surface area contributed by atoms with E-state index < -0.39 is 0 Å². The molecule has 0 bridgehead atoms. The second kappa shape index (κ2) is 6.14. The maximum absolute atomic E-state index is 5.89. The molecule has 2 rings (SSSR count). The lowest BCUT2D eigenvalue weighted by atomic mass is 10.1. The first-order valence-electron chi connectivity index (χ1n) is 5.57. The Morgan fingerprint density at radius 3 is 2.89 bits per heavy atom. The summed E-state index contributed by atoms with van der Waals surface area (Å²) < 4.78 is 6.25. The number of halogens is 1. The maximum Gasteiger partial charge on any atom is 0.174 e. The van der Waals surface area contributed by atoms with Gasteiger partial charge in [0.25, 0.3) is 0 Å². The van der Waals surface area contributed by atoms with E-state index in [0.717, 1.165) is 21.1 Å². The molecule has 2 aromatic rings. The molecule has 1 unspecified atom stereocenters. The molecule has 0 saturated heterocycles. The van der Waals surface area contributed by atoms with Gasteiger partial charge in [-0.2, -0.15) is 4.37 Å². The zero-order chi connectivity index (χ0) is 13.1. The Kier molecular flexibility index (Phi) is 4.77. The average molecular weight is 344 g/mol. The molecule has 1 aromatic heterocycles. The van der Waals surface area contributed by atoms with Gasteiger partial charge < -0.3 is 5.73 Å². The molecule has 6 heteroatoms. The van der Waals surface area contributed by atoms with Crippen LogP contribution in [0.15, 0.2) is 31.9 Å². The molecule has 0 fully saturated rings. The van der Waals surface area contributed by atoms with Gasteiger partial charge in [-0.3, -0.25) is 0 Å². The van der Waals surface area contributed by atoms with E-state index >= 15 is 0 Å². The van der Waals surface area contributed by atoms with Crippen molar-refractivity contribution in [2.75, 3.05) is 0 Å². The van der Waals surface area contributed by atoms with Gasteiger partial charge in [0.05, 0.1) is 0 Å². The molecule has 0 aliphatic carbocycles. The van der Waals surface area contributed by atoms with Gasteiger partial charge in [0, 0.05) is 15.4 Å². The highest BCUT2D eigenvalue weighted by atomic mass is 79.9. The van der Waals surface area contributed by atoms with E-state index in [9.17, 15) is 0 Å². The van der Waals surface area contributed by atoms with E-state index in [4.69, 9.17) is 5.73 Å². The van der Waals surface area contributed by atoms with Crippen molar-refractivity contribution in [3.05, 3.63) is 34.1 Å². The Morgan fingerprint density at radius 2 is 2.28 bits per heavy atom. The SMILES string of the molecule is Cc1nsc(Sc2ccc(Br)cc2CC(C)N)n1. The first-order valence-corrected chi connectivity index (χ1v) is 7.95. The van der Waals surface area contributed by atoms with Crippen molar-refractivity contribution in [3.8, 4) is 0 Å². The molecule has 0 aliphatic rings. The van der Waals surface area contributed by atoms with Crippen molar-refractivity contribution in [2.24, 2.45) is 5.73 Å². The number of aryl methyl sites for hydroxylation is 1. The van der Waals surface area contributed by atoms with Gasteiger partial charge in [-0.05, 0) is 55.6 Å². The highest BCUT2D eigenvalue weighted by molar-refractivity contribution is 9.10. The zero-order valence-electron chi connectivity index (χ0n) is 10.2. The molecule has 0 spiro atoms. The molecule has 2 N–H and O–H groups in total. The van der Waals surface area contributed by atoms with Crippen LogP contribution in [-0.2, 0) is 6.42 Å². The molecular weight excluding hydrogens is 330 g/mol. The van der Waals surface area contributed by atoms with Crippen LogP contribution in [0.4, 0.5) is 0 Å². The summed E-state index contributed by atoms with van der Waals surface area (Å²) in [5.41, 5.74) is 7.14. The predicted octanol–water partition coefficient (Wildman–Crippen LogP) is 3.65. The lowest BCUT2D eigenvalue weighted by Gasteiger charge is -2.10. The summed E-state index contributed by atoms with van der Waals surface area (Å²) in [5, 5.41) is 0. The molecular formula is C12H14BrN3S2. The summed E-state index contributed by atoms with van der Waals surface area (Å²) in [6.07, 6.45) is 0.861. The van der Waals surface area contributed by atoms with Gasteiger partial charge in [0.2, 0.25) is 0 Å². The highest BCUT2D eigenvalue weighted by Crippen LogP contribution is 2.33. The van der Waals surface area contributed by atoms with Crippen molar-refractivity contribution in [2.45, 2.75) is 35.5 Å². The van der Waals surface area contributed by atoms with Crippen molar-refractivity contribution in [3.63, 3.8) is 0 Å². The molecule has 1 heterocycles. The highest BCUT2D eigenvalue weighted by Gasteiger charge is 2.10. The fourth-order valence-electron chi connectivity index (χ4n) is 1.57. The number of nitrogens with zero attached hydrogens (tertiary/aromatic N) is 2. The van der Waals surface area contributed by atoms with Crippen LogP contribution in [0, 0.1) is 6.92 Å². The minimum absolute atomic E-state index is 0.148. The first kappa shape index (κ1) is 14.0. The van der Waals surface area contributed by atoms with Crippen molar-refractivity contribution >= 4 is 39.2 Å². The minimum Gasteiger partial charge on any atom is -0.328 e. The van der Waals surface area contributed by atoms with E-state index in [2.05, 4.69) is 37.4 Å². The predicted molar refractivity (Wildman–Crippen MR) is 80.3 cm³/mol. The second-order valence-electron chi connectivity index (χ2n) is 4.14. The lowest BCUT2D eigenvalue weighted by Crippen LogP contribution is -2.18. The summed E-state index contributed by atoms with van der Waals surface area (Å²) in [7, 11) is 0. The molecule has 1 aromatic carbocycles. The summed E-state index contributed by atoms with van der Waals surface area (Å²) in [6, 6.07) is 6.42. The van der Waals surface area contributed by atoms with Crippen LogP contribution in [0.3, 0.4) is 0 Å². The van der Waals surface area contributed by atoms with E-state index in [0.29, 0.717) is 0 Å². The topological polar surface area (TPSA) is 51.8 Å². The van der Waals surface area contributed by atoms with Crippen LogP contribution in [-0.4, -0.2) is 15.4 Å². The van der Waals surface area contributed by atoms with Crippen LogP contribution in [0.5, 0.6) is 0 Å².